The topological polar surface area (TPSA) is 70.7 Å². The molecule has 1 saturated heterocycles. The third kappa shape index (κ3) is 5.18. The molecule has 0 spiro atoms. The molecular weight excluding hydrogens is 422 g/mol. The minimum atomic E-state index is -0.224. The number of benzene rings is 2. The molecule has 0 radical (unpaired) electrons. The van der Waals surface area contributed by atoms with Crippen LogP contribution in [0.3, 0.4) is 0 Å². The first-order chi connectivity index (χ1) is 15.7. The summed E-state index contributed by atoms with van der Waals surface area (Å²) >= 11 is 1.46. The molecule has 6 nitrogen and oxygen atoms in total. The number of ether oxygens (including phenoxy) is 1. The summed E-state index contributed by atoms with van der Waals surface area (Å²) in [4.78, 5) is 28.0. The smallest absolute Gasteiger partial charge is 0.256 e. The van der Waals surface area contributed by atoms with Crippen molar-refractivity contribution in [2.24, 2.45) is 0 Å². The Labute approximate surface area is 192 Å². The maximum atomic E-state index is 13.1. The SMILES string of the molecule is COc1cccc(C(CNC(=O)c2ccccc2NC(=O)c2ccsc2)N2CCCC2)c1. The summed E-state index contributed by atoms with van der Waals surface area (Å²) in [6.07, 6.45) is 2.32. The zero-order valence-electron chi connectivity index (χ0n) is 18.0. The summed E-state index contributed by atoms with van der Waals surface area (Å²) in [7, 11) is 1.66. The number of hydrogen-bond acceptors (Lipinski definition) is 5. The average molecular weight is 450 g/mol. The summed E-state index contributed by atoms with van der Waals surface area (Å²) in [5.74, 6) is 0.371. The lowest BCUT2D eigenvalue weighted by Crippen LogP contribution is -2.37. The Morgan fingerprint density at radius 2 is 1.88 bits per heavy atom. The fraction of sp³-hybridized carbons (Fsp3) is 0.280. The molecule has 2 amide bonds. The highest BCUT2D eigenvalue weighted by molar-refractivity contribution is 7.08. The van der Waals surface area contributed by atoms with E-state index >= 15 is 0 Å². The van der Waals surface area contributed by atoms with Gasteiger partial charge in [0.15, 0.2) is 0 Å². The molecule has 2 N–H and O–H groups in total. The molecule has 0 saturated carbocycles. The van der Waals surface area contributed by atoms with Crippen LogP contribution in [-0.2, 0) is 0 Å². The quantitative estimate of drug-likeness (QED) is 0.528. The minimum Gasteiger partial charge on any atom is -0.497 e. The van der Waals surface area contributed by atoms with Crippen LogP contribution >= 0.6 is 11.3 Å². The number of nitrogens with one attached hydrogen (secondary N) is 2. The Hall–Kier alpha value is -3.16. The molecule has 1 unspecified atom stereocenters. The number of amides is 2. The first-order valence-electron chi connectivity index (χ1n) is 10.7. The molecule has 32 heavy (non-hydrogen) atoms. The van der Waals surface area contributed by atoms with Gasteiger partial charge in [-0.1, -0.05) is 24.3 Å². The van der Waals surface area contributed by atoms with Crippen LogP contribution in [0.2, 0.25) is 0 Å². The predicted molar refractivity (Wildman–Crippen MR) is 128 cm³/mol. The molecule has 4 rings (SSSR count). The maximum Gasteiger partial charge on any atom is 0.256 e. The van der Waals surface area contributed by atoms with Crippen molar-refractivity contribution in [3.05, 3.63) is 82.0 Å². The molecule has 1 aliphatic rings. The van der Waals surface area contributed by atoms with Gasteiger partial charge in [0.1, 0.15) is 5.75 Å². The third-order valence-electron chi connectivity index (χ3n) is 5.72. The normalized spacial score (nSPS) is 14.7. The molecular formula is C25H27N3O3S. The van der Waals surface area contributed by atoms with E-state index in [2.05, 4.69) is 21.6 Å². The molecule has 2 aromatic carbocycles. The summed E-state index contributed by atoms with van der Waals surface area (Å²) in [5, 5.41) is 9.59. The van der Waals surface area contributed by atoms with Gasteiger partial charge in [0.25, 0.3) is 11.8 Å². The van der Waals surface area contributed by atoms with E-state index in [9.17, 15) is 9.59 Å². The monoisotopic (exact) mass is 449 g/mol. The van der Waals surface area contributed by atoms with Gasteiger partial charge in [-0.15, -0.1) is 0 Å². The van der Waals surface area contributed by atoms with Crippen molar-refractivity contribution in [2.45, 2.75) is 18.9 Å². The van der Waals surface area contributed by atoms with Crippen LogP contribution < -0.4 is 15.4 Å². The number of carbonyl (C=O) groups excluding carboxylic acids is 2. The zero-order chi connectivity index (χ0) is 22.3. The van der Waals surface area contributed by atoms with Gasteiger partial charge in [-0.25, -0.2) is 0 Å². The first kappa shape index (κ1) is 22.0. The van der Waals surface area contributed by atoms with Crippen LogP contribution in [0.4, 0.5) is 5.69 Å². The molecule has 0 aliphatic carbocycles. The van der Waals surface area contributed by atoms with E-state index in [1.54, 1.807) is 36.8 Å². The number of para-hydroxylation sites is 1. The Balaban J connectivity index is 1.49. The van der Waals surface area contributed by atoms with Crippen molar-refractivity contribution >= 4 is 28.8 Å². The Bertz CT molecular complexity index is 1060. The van der Waals surface area contributed by atoms with Crippen molar-refractivity contribution in [3.8, 4) is 5.75 Å². The second-order valence-corrected chi connectivity index (χ2v) is 8.54. The van der Waals surface area contributed by atoms with Crippen molar-refractivity contribution in [2.75, 3.05) is 32.1 Å². The van der Waals surface area contributed by atoms with Crippen LogP contribution in [0.15, 0.2) is 65.4 Å². The number of anilines is 1. The summed E-state index contributed by atoms with van der Waals surface area (Å²) < 4.78 is 5.40. The molecule has 2 heterocycles. The fourth-order valence-electron chi connectivity index (χ4n) is 4.02. The van der Waals surface area contributed by atoms with Gasteiger partial charge in [0.05, 0.1) is 30.0 Å². The largest absolute Gasteiger partial charge is 0.497 e. The highest BCUT2D eigenvalue weighted by atomic mass is 32.1. The number of likely N-dealkylation sites (tertiary alicyclic amines) is 1. The maximum absolute atomic E-state index is 13.1. The molecule has 1 atom stereocenters. The fourth-order valence-corrected chi connectivity index (χ4v) is 4.66. The molecule has 0 bridgehead atoms. The lowest BCUT2D eigenvalue weighted by atomic mass is 10.0. The molecule has 3 aromatic rings. The van der Waals surface area contributed by atoms with Gasteiger partial charge in [0, 0.05) is 11.9 Å². The van der Waals surface area contributed by atoms with E-state index in [4.69, 9.17) is 4.74 Å². The van der Waals surface area contributed by atoms with E-state index in [1.807, 2.05) is 29.6 Å². The van der Waals surface area contributed by atoms with Crippen molar-refractivity contribution < 1.29 is 14.3 Å². The standard InChI is InChI=1S/C25H27N3O3S/c1-31-20-8-6-7-18(15-20)23(28-12-4-5-13-28)16-26-25(30)21-9-2-3-10-22(21)27-24(29)19-11-14-32-17-19/h2-3,6-11,14-15,17,23H,4-5,12-13,16H2,1H3,(H,26,30)(H,27,29). The first-order valence-corrected chi connectivity index (χ1v) is 11.7. The van der Waals surface area contributed by atoms with Gasteiger partial charge in [-0.3, -0.25) is 14.5 Å². The van der Waals surface area contributed by atoms with Crippen LogP contribution in [0.5, 0.6) is 5.75 Å². The van der Waals surface area contributed by atoms with Gasteiger partial charge in [-0.2, -0.15) is 11.3 Å². The average Bonchev–Trinajstić information content (AvgIpc) is 3.54. The van der Waals surface area contributed by atoms with Gasteiger partial charge in [0.2, 0.25) is 0 Å². The van der Waals surface area contributed by atoms with Crippen molar-refractivity contribution in [1.29, 1.82) is 0 Å². The highest BCUT2D eigenvalue weighted by Crippen LogP contribution is 2.27. The van der Waals surface area contributed by atoms with E-state index in [-0.39, 0.29) is 17.9 Å². The van der Waals surface area contributed by atoms with Crippen molar-refractivity contribution in [1.82, 2.24) is 10.2 Å². The lowest BCUT2D eigenvalue weighted by Gasteiger charge is -2.28. The Morgan fingerprint density at radius 3 is 2.62 bits per heavy atom. The molecule has 1 aliphatic heterocycles. The van der Waals surface area contributed by atoms with E-state index in [0.29, 0.717) is 23.4 Å². The summed E-state index contributed by atoms with van der Waals surface area (Å²) in [5.41, 5.74) is 2.64. The number of nitrogens with zero attached hydrogens (tertiary/aromatic N) is 1. The summed E-state index contributed by atoms with van der Waals surface area (Å²) in [6, 6.07) is 16.9. The Morgan fingerprint density at radius 1 is 1.06 bits per heavy atom. The molecule has 1 aromatic heterocycles. The number of hydrogen-bond donors (Lipinski definition) is 2. The predicted octanol–water partition coefficient (Wildman–Crippen LogP) is 4.58. The second kappa shape index (κ2) is 10.4. The molecule has 7 heteroatoms. The molecule has 1 fully saturated rings. The Kier molecular flexibility index (Phi) is 7.19. The van der Waals surface area contributed by atoms with Crippen LogP contribution in [0.1, 0.15) is 45.2 Å². The van der Waals surface area contributed by atoms with Crippen molar-refractivity contribution in [3.63, 3.8) is 0 Å². The highest BCUT2D eigenvalue weighted by Gasteiger charge is 2.25. The van der Waals surface area contributed by atoms with Crippen LogP contribution in [0, 0.1) is 0 Å². The van der Waals surface area contributed by atoms with Gasteiger partial charge < -0.3 is 15.4 Å². The summed E-state index contributed by atoms with van der Waals surface area (Å²) in [6.45, 7) is 2.48. The van der Waals surface area contributed by atoms with E-state index < -0.39 is 0 Å². The van der Waals surface area contributed by atoms with Crippen LogP contribution in [-0.4, -0.2) is 43.5 Å². The molecule has 166 valence electrons. The zero-order valence-corrected chi connectivity index (χ0v) is 18.9. The lowest BCUT2D eigenvalue weighted by molar-refractivity contribution is 0.0939. The number of carbonyl (C=O) groups is 2. The van der Waals surface area contributed by atoms with E-state index in [0.717, 1.165) is 37.2 Å². The van der Waals surface area contributed by atoms with Gasteiger partial charge in [-0.05, 0) is 67.2 Å². The number of methoxy groups -OCH3 is 1. The van der Waals surface area contributed by atoms with Crippen LogP contribution in [0.25, 0.3) is 0 Å². The minimum absolute atomic E-state index is 0.0594. The number of thiophene rings is 1. The number of rotatable bonds is 8. The second-order valence-electron chi connectivity index (χ2n) is 7.76. The van der Waals surface area contributed by atoms with Gasteiger partial charge >= 0.3 is 0 Å². The van der Waals surface area contributed by atoms with E-state index in [1.165, 1.54) is 11.3 Å². The third-order valence-corrected chi connectivity index (χ3v) is 6.40.